The fourth-order valence-electron chi connectivity index (χ4n) is 3.74. The zero-order chi connectivity index (χ0) is 12.5. The highest BCUT2D eigenvalue weighted by Gasteiger charge is 2.31. The maximum Gasteiger partial charge on any atom is 0.0120 e. The summed E-state index contributed by atoms with van der Waals surface area (Å²) in [6, 6.07) is 1.53. The third-order valence-electron chi connectivity index (χ3n) is 4.76. The van der Waals surface area contributed by atoms with Crippen molar-refractivity contribution in [1.82, 2.24) is 10.2 Å². The van der Waals surface area contributed by atoms with E-state index in [0.717, 1.165) is 18.0 Å². The molecule has 2 fully saturated rings. The second-order valence-electron chi connectivity index (χ2n) is 7.26. The van der Waals surface area contributed by atoms with E-state index >= 15 is 0 Å². The van der Waals surface area contributed by atoms with Crippen LogP contribution < -0.4 is 5.32 Å². The average molecular weight is 238 g/mol. The third-order valence-corrected chi connectivity index (χ3v) is 4.76. The highest BCUT2D eigenvalue weighted by molar-refractivity contribution is 4.89. The maximum atomic E-state index is 3.96. The lowest BCUT2D eigenvalue weighted by Gasteiger charge is -2.41. The number of hydrogen-bond acceptors (Lipinski definition) is 2. The van der Waals surface area contributed by atoms with Crippen molar-refractivity contribution in [3.63, 3.8) is 0 Å². The molecule has 100 valence electrons. The molecule has 1 aliphatic heterocycles. The van der Waals surface area contributed by atoms with Crippen LogP contribution in [-0.2, 0) is 0 Å². The Morgan fingerprint density at radius 2 is 2.00 bits per heavy atom. The van der Waals surface area contributed by atoms with Gasteiger partial charge in [0.15, 0.2) is 0 Å². The fourth-order valence-corrected chi connectivity index (χ4v) is 3.74. The third kappa shape index (κ3) is 3.69. The van der Waals surface area contributed by atoms with Crippen LogP contribution in [0.4, 0.5) is 0 Å². The molecule has 2 aliphatic rings. The Morgan fingerprint density at radius 3 is 2.65 bits per heavy atom. The normalized spacial score (nSPS) is 39.2. The van der Waals surface area contributed by atoms with Gasteiger partial charge in [-0.2, -0.15) is 0 Å². The Kier molecular flexibility index (Phi) is 4.14. The minimum atomic E-state index is 0.560. The molecule has 1 saturated heterocycles. The molecule has 3 unspecified atom stereocenters. The first-order valence-corrected chi connectivity index (χ1v) is 7.41. The summed E-state index contributed by atoms with van der Waals surface area (Å²) in [5, 5.41) is 3.96. The molecule has 0 aromatic rings. The molecule has 1 heterocycles. The average Bonchev–Trinajstić information content (AvgIpc) is 2.21. The van der Waals surface area contributed by atoms with Crippen LogP contribution in [-0.4, -0.2) is 37.1 Å². The molecule has 2 heteroatoms. The first-order chi connectivity index (χ1) is 7.96. The monoisotopic (exact) mass is 238 g/mol. The summed E-state index contributed by atoms with van der Waals surface area (Å²) in [7, 11) is 2.25. The molecule has 0 radical (unpaired) electrons. The van der Waals surface area contributed by atoms with E-state index < -0.39 is 0 Å². The zero-order valence-corrected chi connectivity index (χ0v) is 12.1. The topological polar surface area (TPSA) is 15.3 Å². The van der Waals surface area contributed by atoms with Crippen LogP contribution in [0.15, 0.2) is 0 Å². The molecule has 0 aromatic carbocycles. The Labute approximate surface area is 107 Å². The van der Waals surface area contributed by atoms with Crippen molar-refractivity contribution in [2.45, 2.75) is 65.0 Å². The predicted octanol–water partition coefficient (Wildman–Crippen LogP) is 2.89. The number of likely N-dealkylation sites (tertiary alicyclic amines) is 1. The molecule has 3 atom stereocenters. The number of nitrogens with one attached hydrogen (secondary N) is 1. The van der Waals surface area contributed by atoms with Gasteiger partial charge in [-0.25, -0.2) is 0 Å². The van der Waals surface area contributed by atoms with E-state index in [1.807, 2.05) is 0 Å². The molecule has 2 nitrogen and oxygen atoms in total. The van der Waals surface area contributed by atoms with Gasteiger partial charge in [0.1, 0.15) is 0 Å². The zero-order valence-electron chi connectivity index (χ0n) is 12.1. The molecule has 1 aliphatic carbocycles. The summed E-state index contributed by atoms with van der Waals surface area (Å²) in [5.41, 5.74) is 0.560. The minimum absolute atomic E-state index is 0.560. The SMILES string of the molecule is CC1CN(C)CCC1NC1CCCC(C)(C)C1. The van der Waals surface area contributed by atoms with Crippen molar-refractivity contribution in [2.24, 2.45) is 11.3 Å². The van der Waals surface area contributed by atoms with Crippen molar-refractivity contribution >= 4 is 0 Å². The molecule has 2 rings (SSSR count). The molecule has 0 bridgehead atoms. The van der Waals surface area contributed by atoms with Crippen molar-refractivity contribution < 1.29 is 0 Å². The van der Waals surface area contributed by atoms with Gasteiger partial charge >= 0.3 is 0 Å². The lowest BCUT2D eigenvalue weighted by atomic mass is 9.74. The van der Waals surface area contributed by atoms with Crippen LogP contribution in [0, 0.1) is 11.3 Å². The number of hydrogen-bond donors (Lipinski definition) is 1. The number of nitrogens with zero attached hydrogens (tertiary/aromatic N) is 1. The number of rotatable bonds is 2. The minimum Gasteiger partial charge on any atom is -0.311 e. The van der Waals surface area contributed by atoms with Crippen LogP contribution in [0.5, 0.6) is 0 Å². The van der Waals surface area contributed by atoms with E-state index in [-0.39, 0.29) is 0 Å². The first-order valence-electron chi connectivity index (χ1n) is 7.41. The Balaban J connectivity index is 1.84. The second-order valence-corrected chi connectivity index (χ2v) is 7.26. The lowest BCUT2D eigenvalue weighted by Crippen LogP contribution is -2.51. The quantitative estimate of drug-likeness (QED) is 0.796. The molecular formula is C15H30N2. The number of piperidine rings is 1. The van der Waals surface area contributed by atoms with Crippen LogP contribution in [0.25, 0.3) is 0 Å². The van der Waals surface area contributed by atoms with Gasteiger partial charge < -0.3 is 10.2 Å². The molecule has 0 spiro atoms. The van der Waals surface area contributed by atoms with E-state index in [4.69, 9.17) is 0 Å². The van der Waals surface area contributed by atoms with Crippen molar-refractivity contribution in [3.8, 4) is 0 Å². The van der Waals surface area contributed by atoms with E-state index in [0.29, 0.717) is 5.41 Å². The Morgan fingerprint density at radius 1 is 1.24 bits per heavy atom. The highest BCUT2D eigenvalue weighted by Crippen LogP contribution is 2.35. The standard InChI is InChI=1S/C15H30N2/c1-12-11-17(4)9-7-14(12)16-13-6-5-8-15(2,3)10-13/h12-14,16H,5-11H2,1-4H3. The summed E-state index contributed by atoms with van der Waals surface area (Å²) in [6.45, 7) is 9.78. The van der Waals surface area contributed by atoms with Gasteiger partial charge in [0.05, 0.1) is 0 Å². The molecule has 17 heavy (non-hydrogen) atoms. The summed E-state index contributed by atoms with van der Waals surface area (Å²) < 4.78 is 0. The van der Waals surface area contributed by atoms with Gasteiger partial charge in [-0.05, 0) is 50.6 Å². The summed E-state index contributed by atoms with van der Waals surface area (Å²) in [6.07, 6.45) is 6.91. The van der Waals surface area contributed by atoms with Crippen LogP contribution in [0.3, 0.4) is 0 Å². The van der Waals surface area contributed by atoms with Crippen LogP contribution >= 0.6 is 0 Å². The van der Waals surface area contributed by atoms with Gasteiger partial charge in [0, 0.05) is 18.6 Å². The van der Waals surface area contributed by atoms with Crippen molar-refractivity contribution in [2.75, 3.05) is 20.1 Å². The van der Waals surface area contributed by atoms with Crippen LogP contribution in [0.2, 0.25) is 0 Å². The largest absolute Gasteiger partial charge is 0.311 e. The Bertz CT molecular complexity index is 249. The summed E-state index contributed by atoms with van der Waals surface area (Å²) in [5.74, 6) is 0.804. The highest BCUT2D eigenvalue weighted by atomic mass is 15.1. The molecule has 1 saturated carbocycles. The first kappa shape index (κ1) is 13.4. The van der Waals surface area contributed by atoms with E-state index in [2.05, 4.69) is 38.0 Å². The van der Waals surface area contributed by atoms with Gasteiger partial charge in [-0.15, -0.1) is 0 Å². The van der Waals surface area contributed by atoms with Gasteiger partial charge in [-0.1, -0.05) is 27.2 Å². The maximum absolute atomic E-state index is 3.96. The molecule has 0 amide bonds. The molecule has 0 aromatic heterocycles. The summed E-state index contributed by atoms with van der Waals surface area (Å²) in [4.78, 5) is 2.47. The summed E-state index contributed by atoms with van der Waals surface area (Å²) >= 11 is 0. The molecular weight excluding hydrogens is 208 g/mol. The van der Waals surface area contributed by atoms with E-state index in [1.165, 1.54) is 45.2 Å². The Hall–Kier alpha value is -0.0800. The van der Waals surface area contributed by atoms with Crippen molar-refractivity contribution in [1.29, 1.82) is 0 Å². The van der Waals surface area contributed by atoms with E-state index in [9.17, 15) is 0 Å². The van der Waals surface area contributed by atoms with E-state index in [1.54, 1.807) is 0 Å². The van der Waals surface area contributed by atoms with Gasteiger partial charge in [-0.3, -0.25) is 0 Å². The smallest absolute Gasteiger partial charge is 0.0120 e. The lowest BCUT2D eigenvalue weighted by molar-refractivity contribution is 0.134. The fraction of sp³-hybridized carbons (Fsp3) is 1.00. The van der Waals surface area contributed by atoms with Crippen LogP contribution in [0.1, 0.15) is 52.9 Å². The van der Waals surface area contributed by atoms with Gasteiger partial charge in [0.25, 0.3) is 0 Å². The predicted molar refractivity (Wildman–Crippen MR) is 74.2 cm³/mol. The molecule has 1 N–H and O–H groups in total. The van der Waals surface area contributed by atoms with Gasteiger partial charge in [0.2, 0.25) is 0 Å². The van der Waals surface area contributed by atoms with Crippen molar-refractivity contribution in [3.05, 3.63) is 0 Å². The second kappa shape index (κ2) is 5.27.